The van der Waals surface area contributed by atoms with E-state index in [9.17, 15) is 5.11 Å². The Labute approximate surface area is 84.4 Å². The molecule has 0 heterocycles. The average molecular weight is 195 g/mol. The lowest BCUT2D eigenvalue weighted by molar-refractivity contribution is 0.0955. The number of benzene rings is 1. The molecule has 0 aliphatic rings. The summed E-state index contributed by atoms with van der Waals surface area (Å²) in [6, 6.07) is 7.67. The predicted molar refractivity (Wildman–Crippen MR) is 56.1 cm³/mol. The van der Waals surface area contributed by atoms with Crippen molar-refractivity contribution in [1.29, 1.82) is 0 Å². The molecule has 0 saturated carbocycles. The van der Waals surface area contributed by atoms with E-state index in [0.29, 0.717) is 0 Å². The van der Waals surface area contributed by atoms with Gasteiger partial charge in [-0.1, -0.05) is 24.3 Å². The van der Waals surface area contributed by atoms with Crippen LogP contribution in [0.25, 0.3) is 0 Å². The molecular weight excluding hydrogens is 178 g/mol. The third-order valence-corrected chi connectivity index (χ3v) is 2.17. The maximum absolute atomic E-state index is 9.41. The van der Waals surface area contributed by atoms with E-state index in [0.717, 1.165) is 18.5 Å². The summed E-state index contributed by atoms with van der Waals surface area (Å²) in [6.07, 6.45) is 0.173. The van der Waals surface area contributed by atoms with Crippen molar-refractivity contribution in [2.24, 2.45) is 0 Å². The molecule has 0 aliphatic heterocycles. The summed E-state index contributed by atoms with van der Waals surface area (Å²) in [6.45, 7) is 0.689. The second-order valence-corrected chi connectivity index (χ2v) is 3.30. The maximum Gasteiger partial charge on any atom is 0.102 e. The molecule has 0 radical (unpaired) electrons. The summed E-state index contributed by atoms with van der Waals surface area (Å²) >= 11 is 0. The molecule has 1 atom stereocenters. The van der Waals surface area contributed by atoms with E-state index in [1.165, 1.54) is 5.56 Å². The molecule has 1 aromatic carbocycles. The zero-order chi connectivity index (χ0) is 10.4. The summed E-state index contributed by atoms with van der Waals surface area (Å²) < 4.78 is 0. The fourth-order valence-corrected chi connectivity index (χ4v) is 1.33. The lowest BCUT2D eigenvalue weighted by Gasteiger charge is -2.09. The summed E-state index contributed by atoms with van der Waals surface area (Å²) in [4.78, 5) is 0. The standard InChI is InChI=1S/C11H17NO2/c1-12-6-5-9-3-2-4-10(7-9)11(14)8-13/h2-4,7,11-14H,5-6,8H2,1H3. The van der Waals surface area contributed by atoms with Gasteiger partial charge in [-0.3, -0.25) is 0 Å². The van der Waals surface area contributed by atoms with E-state index in [4.69, 9.17) is 5.11 Å². The summed E-state index contributed by atoms with van der Waals surface area (Å²) in [7, 11) is 1.91. The van der Waals surface area contributed by atoms with Gasteiger partial charge < -0.3 is 15.5 Å². The Balaban J connectivity index is 2.68. The fraction of sp³-hybridized carbons (Fsp3) is 0.455. The van der Waals surface area contributed by atoms with E-state index in [1.54, 1.807) is 0 Å². The van der Waals surface area contributed by atoms with Crippen molar-refractivity contribution >= 4 is 0 Å². The van der Waals surface area contributed by atoms with Crippen molar-refractivity contribution in [3.63, 3.8) is 0 Å². The Kier molecular flexibility index (Phi) is 4.59. The molecule has 0 aromatic heterocycles. The molecule has 1 unspecified atom stereocenters. The highest BCUT2D eigenvalue weighted by Gasteiger charge is 2.05. The molecule has 0 saturated heterocycles. The van der Waals surface area contributed by atoms with Crippen LogP contribution in [0.2, 0.25) is 0 Å². The first-order valence-corrected chi connectivity index (χ1v) is 4.80. The third kappa shape index (κ3) is 3.10. The Morgan fingerprint density at radius 3 is 2.86 bits per heavy atom. The van der Waals surface area contributed by atoms with Crippen molar-refractivity contribution in [2.75, 3.05) is 20.2 Å². The van der Waals surface area contributed by atoms with Crippen LogP contribution in [0, 0.1) is 0 Å². The first-order chi connectivity index (χ1) is 6.77. The number of nitrogens with one attached hydrogen (secondary N) is 1. The lowest BCUT2D eigenvalue weighted by Crippen LogP contribution is -2.10. The van der Waals surface area contributed by atoms with Gasteiger partial charge in [-0.25, -0.2) is 0 Å². The summed E-state index contributed by atoms with van der Waals surface area (Å²) in [5.74, 6) is 0. The topological polar surface area (TPSA) is 52.5 Å². The SMILES string of the molecule is CNCCc1cccc(C(O)CO)c1. The van der Waals surface area contributed by atoms with Gasteiger partial charge in [0.1, 0.15) is 6.10 Å². The first-order valence-electron chi connectivity index (χ1n) is 4.80. The molecule has 1 aromatic rings. The van der Waals surface area contributed by atoms with Gasteiger partial charge in [0.15, 0.2) is 0 Å². The Hall–Kier alpha value is -0.900. The monoisotopic (exact) mass is 195 g/mol. The van der Waals surface area contributed by atoms with Crippen molar-refractivity contribution in [1.82, 2.24) is 5.32 Å². The van der Waals surface area contributed by atoms with Crippen LogP contribution in [0.1, 0.15) is 17.2 Å². The third-order valence-electron chi connectivity index (χ3n) is 2.17. The molecule has 0 fully saturated rings. The minimum atomic E-state index is -0.760. The highest BCUT2D eigenvalue weighted by atomic mass is 16.3. The Morgan fingerprint density at radius 2 is 2.21 bits per heavy atom. The molecule has 78 valence electrons. The summed E-state index contributed by atoms with van der Waals surface area (Å²) in [5, 5.41) is 21.3. The van der Waals surface area contributed by atoms with Crippen molar-refractivity contribution < 1.29 is 10.2 Å². The highest BCUT2D eigenvalue weighted by Crippen LogP contribution is 2.13. The van der Waals surface area contributed by atoms with Gasteiger partial charge in [0, 0.05) is 0 Å². The second-order valence-electron chi connectivity index (χ2n) is 3.30. The molecule has 0 bridgehead atoms. The predicted octanol–water partition coefficient (Wildman–Crippen LogP) is 0.474. The van der Waals surface area contributed by atoms with Gasteiger partial charge in [0.2, 0.25) is 0 Å². The van der Waals surface area contributed by atoms with Crippen LogP contribution in [0.3, 0.4) is 0 Å². The maximum atomic E-state index is 9.41. The number of aliphatic hydroxyl groups is 2. The van der Waals surface area contributed by atoms with Crippen LogP contribution in [-0.2, 0) is 6.42 Å². The number of likely N-dealkylation sites (N-methyl/N-ethyl adjacent to an activating group) is 1. The smallest absolute Gasteiger partial charge is 0.102 e. The van der Waals surface area contributed by atoms with Crippen molar-refractivity contribution in [3.8, 4) is 0 Å². The van der Waals surface area contributed by atoms with Gasteiger partial charge in [-0.05, 0) is 31.1 Å². The molecule has 14 heavy (non-hydrogen) atoms. The molecule has 0 aliphatic carbocycles. The van der Waals surface area contributed by atoms with Crippen molar-refractivity contribution in [3.05, 3.63) is 35.4 Å². The van der Waals surface area contributed by atoms with Gasteiger partial charge in [0.05, 0.1) is 6.61 Å². The molecule has 0 amide bonds. The zero-order valence-electron chi connectivity index (χ0n) is 8.40. The van der Waals surface area contributed by atoms with Crippen LogP contribution >= 0.6 is 0 Å². The quantitative estimate of drug-likeness (QED) is 0.640. The van der Waals surface area contributed by atoms with E-state index in [-0.39, 0.29) is 6.61 Å². The minimum absolute atomic E-state index is 0.227. The van der Waals surface area contributed by atoms with E-state index in [2.05, 4.69) is 5.32 Å². The molecule has 1 rings (SSSR count). The lowest BCUT2D eigenvalue weighted by atomic mass is 10.0. The first kappa shape index (κ1) is 11.2. The van der Waals surface area contributed by atoms with E-state index >= 15 is 0 Å². The summed E-state index contributed by atoms with van der Waals surface area (Å²) in [5.41, 5.74) is 1.95. The molecule has 3 heteroatoms. The van der Waals surface area contributed by atoms with Crippen LogP contribution in [0.15, 0.2) is 24.3 Å². The van der Waals surface area contributed by atoms with Gasteiger partial charge in [-0.2, -0.15) is 0 Å². The minimum Gasteiger partial charge on any atom is -0.393 e. The van der Waals surface area contributed by atoms with Crippen LogP contribution in [-0.4, -0.2) is 30.4 Å². The number of aliphatic hydroxyl groups excluding tert-OH is 2. The van der Waals surface area contributed by atoms with Crippen molar-refractivity contribution in [2.45, 2.75) is 12.5 Å². The van der Waals surface area contributed by atoms with E-state index < -0.39 is 6.10 Å². The van der Waals surface area contributed by atoms with Gasteiger partial charge in [-0.15, -0.1) is 0 Å². The average Bonchev–Trinajstić information content (AvgIpc) is 2.25. The van der Waals surface area contributed by atoms with Crippen LogP contribution in [0.5, 0.6) is 0 Å². The van der Waals surface area contributed by atoms with E-state index in [1.807, 2.05) is 31.3 Å². The number of hydrogen-bond acceptors (Lipinski definition) is 3. The Bertz CT molecular complexity index is 276. The van der Waals surface area contributed by atoms with Crippen LogP contribution in [0.4, 0.5) is 0 Å². The van der Waals surface area contributed by atoms with Gasteiger partial charge in [0.25, 0.3) is 0 Å². The normalized spacial score (nSPS) is 12.8. The number of rotatable bonds is 5. The Morgan fingerprint density at radius 1 is 1.43 bits per heavy atom. The number of hydrogen-bond donors (Lipinski definition) is 3. The van der Waals surface area contributed by atoms with Crippen LogP contribution < -0.4 is 5.32 Å². The fourth-order valence-electron chi connectivity index (χ4n) is 1.33. The zero-order valence-corrected chi connectivity index (χ0v) is 8.40. The second kappa shape index (κ2) is 5.75. The molecule has 3 nitrogen and oxygen atoms in total. The largest absolute Gasteiger partial charge is 0.393 e. The molecular formula is C11H17NO2. The van der Waals surface area contributed by atoms with Gasteiger partial charge >= 0.3 is 0 Å². The highest BCUT2D eigenvalue weighted by molar-refractivity contribution is 5.25. The molecule has 3 N–H and O–H groups in total. The molecule has 0 spiro atoms.